The van der Waals surface area contributed by atoms with Gasteiger partial charge in [-0.2, -0.15) is 0 Å². The van der Waals surface area contributed by atoms with E-state index in [1.807, 2.05) is 0 Å². The quantitative estimate of drug-likeness (QED) is 0.579. The van der Waals surface area contributed by atoms with E-state index in [-0.39, 0.29) is 0 Å². The maximum Gasteiger partial charge on any atom is 0.0561 e. The standard InChI is InChI=1S/C12H27NO/c1-5-7-8-9-14-12(4)10-11(3)13-6-2/h11-13H,5-10H2,1-4H3. The number of ether oxygens (including phenoxy) is 1. The highest BCUT2D eigenvalue weighted by molar-refractivity contribution is 4.63. The van der Waals surface area contributed by atoms with Crippen LogP contribution in [0.25, 0.3) is 0 Å². The summed E-state index contributed by atoms with van der Waals surface area (Å²) in [7, 11) is 0. The van der Waals surface area contributed by atoms with Gasteiger partial charge in [-0.1, -0.05) is 26.7 Å². The van der Waals surface area contributed by atoms with Crippen LogP contribution in [0.4, 0.5) is 0 Å². The summed E-state index contributed by atoms with van der Waals surface area (Å²) in [6, 6.07) is 0.571. The van der Waals surface area contributed by atoms with Crippen molar-refractivity contribution in [1.82, 2.24) is 5.32 Å². The predicted molar refractivity (Wildman–Crippen MR) is 62.7 cm³/mol. The van der Waals surface area contributed by atoms with Gasteiger partial charge < -0.3 is 10.1 Å². The second kappa shape index (κ2) is 9.47. The summed E-state index contributed by atoms with van der Waals surface area (Å²) in [4.78, 5) is 0. The van der Waals surface area contributed by atoms with E-state index in [0.29, 0.717) is 12.1 Å². The van der Waals surface area contributed by atoms with E-state index in [9.17, 15) is 0 Å². The Bertz CT molecular complexity index is 117. The van der Waals surface area contributed by atoms with Crippen LogP contribution in [0.15, 0.2) is 0 Å². The monoisotopic (exact) mass is 201 g/mol. The lowest BCUT2D eigenvalue weighted by atomic mass is 10.1. The molecular weight excluding hydrogens is 174 g/mol. The summed E-state index contributed by atoms with van der Waals surface area (Å²) in [5.41, 5.74) is 0. The van der Waals surface area contributed by atoms with Crippen LogP contribution < -0.4 is 5.32 Å². The Hall–Kier alpha value is -0.0800. The lowest BCUT2D eigenvalue weighted by Gasteiger charge is -2.18. The van der Waals surface area contributed by atoms with Crippen molar-refractivity contribution >= 4 is 0 Å². The van der Waals surface area contributed by atoms with Crippen molar-refractivity contribution in [3.05, 3.63) is 0 Å². The van der Waals surface area contributed by atoms with Gasteiger partial charge in [0.05, 0.1) is 6.10 Å². The first-order chi connectivity index (χ1) is 6.70. The molecule has 14 heavy (non-hydrogen) atoms. The van der Waals surface area contributed by atoms with Crippen LogP contribution in [0.2, 0.25) is 0 Å². The van der Waals surface area contributed by atoms with E-state index in [1.54, 1.807) is 0 Å². The van der Waals surface area contributed by atoms with Crippen LogP contribution >= 0.6 is 0 Å². The molecule has 2 atom stereocenters. The molecule has 0 aliphatic heterocycles. The van der Waals surface area contributed by atoms with Gasteiger partial charge in [-0.25, -0.2) is 0 Å². The molecule has 0 amide bonds. The number of hydrogen-bond acceptors (Lipinski definition) is 2. The highest BCUT2D eigenvalue weighted by Gasteiger charge is 2.07. The molecule has 0 bridgehead atoms. The molecule has 0 saturated heterocycles. The Kier molecular flexibility index (Phi) is 9.42. The molecule has 0 radical (unpaired) electrons. The molecule has 0 spiro atoms. The molecule has 0 rings (SSSR count). The van der Waals surface area contributed by atoms with Gasteiger partial charge in [0.15, 0.2) is 0 Å². The average molecular weight is 201 g/mol. The molecule has 2 heteroatoms. The number of rotatable bonds is 9. The minimum absolute atomic E-state index is 0.390. The van der Waals surface area contributed by atoms with Crippen LogP contribution in [0.1, 0.15) is 53.4 Å². The van der Waals surface area contributed by atoms with Crippen molar-refractivity contribution in [3.63, 3.8) is 0 Å². The second-order valence-electron chi connectivity index (χ2n) is 4.08. The first-order valence-corrected chi connectivity index (χ1v) is 6.05. The molecule has 0 aliphatic carbocycles. The maximum absolute atomic E-state index is 5.72. The summed E-state index contributed by atoms with van der Waals surface area (Å²) in [5.74, 6) is 0. The van der Waals surface area contributed by atoms with Crippen LogP contribution in [0, 0.1) is 0 Å². The third-order valence-electron chi connectivity index (χ3n) is 2.39. The van der Waals surface area contributed by atoms with Crippen LogP contribution in [-0.4, -0.2) is 25.3 Å². The van der Waals surface area contributed by atoms with Crippen molar-refractivity contribution in [1.29, 1.82) is 0 Å². The zero-order valence-electron chi connectivity index (χ0n) is 10.3. The minimum atomic E-state index is 0.390. The van der Waals surface area contributed by atoms with Crippen molar-refractivity contribution < 1.29 is 4.74 Å². The van der Waals surface area contributed by atoms with Crippen molar-refractivity contribution in [3.8, 4) is 0 Å². The summed E-state index contributed by atoms with van der Waals surface area (Å²) in [6.07, 6.45) is 5.26. The molecule has 0 aliphatic rings. The minimum Gasteiger partial charge on any atom is -0.378 e. The molecule has 0 aromatic rings. The predicted octanol–water partition coefficient (Wildman–Crippen LogP) is 2.97. The molecule has 0 aromatic heterocycles. The molecular formula is C12H27NO. The van der Waals surface area contributed by atoms with Gasteiger partial charge in [0.1, 0.15) is 0 Å². The van der Waals surface area contributed by atoms with E-state index < -0.39 is 0 Å². The number of unbranched alkanes of at least 4 members (excludes halogenated alkanes) is 2. The molecule has 0 heterocycles. The van der Waals surface area contributed by atoms with E-state index >= 15 is 0 Å². The lowest BCUT2D eigenvalue weighted by molar-refractivity contribution is 0.0519. The molecule has 0 saturated carbocycles. The fraction of sp³-hybridized carbons (Fsp3) is 1.00. The Morgan fingerprint density at radius 1 is 1.14 bits per heavy atom. The summed E-state index contributed by atoms with van der Waals surface area (Å²) >= 11 is 0. The molecule has 2 nitrogen and oxygen atoms in total. The molecule has 0 fully saturated rings. The lowest BCUT2D eigenvalue weighted by Crippen LogP contribution is -2.29. The summed E-state index contributed by atoms with van der Waals surface area (Å²) in [6.45, 7) is 10.7. The van der Waals surface area contributed by atoms with E-state index in [1.165, 1.54) is 19.3 Å². The Morgan fingerprint density at radius 3 is 2.43 bits per heavy atom. The Morgan fingerprint density at radius 2 is 1.86 bits per heavy atom. The molecule has 86 valence electrons. The normalized spacial score (nSPS) is 15.4. The zero-order chi connectivity index (χ0) is 10.8. The largest absolute Gasteiger partial charge is 0.378 e. The topological polar surface area (TPSA) is 21.3 Å². The molecule has 0 aromatic carbocycles. The second-order valence-corrected chi connectivity index (χ2v) is 4.08. The van der Waals surface area contributed by atoms with Gasteiger partial charge in [0.25, 0.3) is 0 Å². The van der Waals surface area contributed by atoms with Crippen molar-refractivity contribution in [2.75, 3.05) is 13.2 Å². The first kappa shape index (κ1) is 13.9. The van der Waals surface area contributed by atoms with Gasteiger partial charge in [-0.05, 0) is 33.2 Å². The summed E-state index contributed by atoms with van der Waals surface area (Å²) < 4.78 is 5.72. The van der Waals surface area contributed by atoms with Gasteiger partial charge >= 0.3 is 0 Å². The first-order valence-electron chi connectivity index (χ1n) is 6.05. The fourth-order valence-corrected chi connectivity index (χ4v) is 1.63. The Labute approximate surface area is 89.4 Å². The third-order valence-corrected chi connectivity index (χ3v) is 2.39. The van der Waals surface area contributed by atoms with Gasteiger partial charge in [-0.3, -0.25) is 0 Å². The van der Waals surface area contributed by atoms with Gasteiger partial charge in [-0.15, -0.1) is 0 Å². The number of nitrogens with one attached hydrogen (secondary N) is 1. The SMILES string of the molecule is CCCCCOC(C)CC(C)NCC. The highest BCUT2D eigenvalue weighted by Crippen LogP contribution is 2.04. The van der Waals surface area contributed by atoms with E-state index in [4.69, 9.17) is 4.74 Å². The van der Waals surface area contributed by atoms with Crippen LogP contribution in [-0.2, 0) is 4.74 Å². The Balaban J connectivity index is 3.30. The van der Waals surface area contributed by atoms with Crippen LogP contribution in [0.5, 0.6) is 0 Å². The maximum atomic E-state index is 5.72. The highest BCUT2D eigenvalue weighted by atomic mass is 16.5. The van der Waals surface area contributed by atoms with Crippen molar-refractivity contribution in [2.24, 2.45) is 0 Å². The van der Waals surface area contributed by atoms with Crippen molar-refractivity contribution in [2.45, 2.75) is 65.5 Å². The molecule has 2 unspecified atom stereocenters. The van der Waals surface area contributed by atoms with Gasteiger partial charge in [0, 0.05) is 12.6 Å². The third kappa shape index (κ3) is 8.52. The van der Waals surface area contributed by atoms with Crippen LogP contribution in [0.3, 0.4) is 0 Å². The average Bonchev–Trinajstić information content (AvgIpc) is 2.13. The fourth-order valence-electron chi connectivity index (χ4n) is 1.63. The van der Waals surface area contributed by atoms with Gasteiger partial charge in [0.2, 0.25) is 0 Å². The zero-order valence-corrected chi connectivity index (χ0v) is 10.3. The number of hydrogen-bond donors (Lipinski definition) is 1. The molecule has 1 N–H and O–H groups in total. The van der Waals surface area contributed by atoms with E-state index in [0.717, 1.165) is 19.6 Å². The summed E-state index contributed by atoms with van der Waals surface area (Å²) in [5, 5.41) is 3.40. The smallest absolute Gasteiger partial charge is 0.0561 e. The van der Waals surface area contributed by atoms with E-state index in [2.05, 4.69) is 33.0 Å².